The van der Waals surface area contributed by atoms with Crippen molar-refractivity contribution in [2.75, 3.05) is 11.9 Å². The van der Waals surface area contributed by atoms with E-state index in [4.69, 9.17) is 4.74 Å². The largest absolute Gasteiger partial charge is 0.494 e. The molecule has 0 saturated heterocycles. The normalized spacial score (nSPS) is 16.2. The molecule has 1 atom stereocenters. The van der Waals surface area contributed by atoms with Crippen LogP contribution in [0.4, 0.5) is 5.82 Å². The van der Waals surface area contributed by atoms with Crippen LogP contribution in [0.2, 0.25) is 0 Å². The third-order valence-electron chi connectivity index (χ3n) is 4.41. The van der Waals surface area contributed by atoms with Crippen molar-refractivity contribution in [1.82, 2.24) is 9.78 Å². The molecule has 0 spiro atoms. The SMILES string of the molecule is CCOc1ccc(C2CC(=O)Nc3c2cnn3-c2ccccc2)cc1. The molecule has 1 unspecified atom stereocenters. The minimum Gasteiger partial charge on any atom is -0.494 e. The van der Waals surface area contributed by atoms with Crippen LogP contribution in [-0.2, 0) is 4.79 Å². The smallest absolute Gasteiger partial charge is 0.226 e. The zero-order chi connectivity index (χ0) is 17.2. The van der Waals surface area contributed by atoms with Crippen LogP contribution in [-0.4, -0.2) is 22.3 Å². The summed E-state index contributed by atoms with van der Waals surface area (Å²) in [5.41, 5.74) is 3.05. The number of nitrogens with one attached hydrogen (secondary N) is 1. The molecule has 0 saturated carbocycles. The Hall–Kier alpha value is -3.08. The van der Waals surface area contributed by atoms with Crippen molar-refractivity contribution in [3.8, 4) is 11.4 Å². The van der Waals surface area contributed by atoms with E-state index in [0.29, 0.717) is 13.0 Å². The van der Waals surface area contributed by atoms with E-state index in [1.807, 2.05) is 67.7 Å². The van der Waals surface area contributed by atoms with Gasteiger partial charge in [0.25, 0.3) is 0 Å². The molecule has 5 heteroatoms. The van der Waals surface area contributed by atoms with E-state index >= 15 is 0 Å². The lowest BCUT2D eigenvalue weighted by atomic mass is 9.87. The van der Waals surface area contributed by atoms with Crippen LogP contribution in [0, 0.1) is 0 Å². The summed E-state index contributed by atoms with van der Waals surface area (Å²) in [6, 6.07) is 17.8. The van der Waals surface area contributed by atoms with Crippen LogP contribution in [0.3, 0.4) is 0 Å². The standard InChI is InChI=1S/C20H19N3O2/c1-2-25-16-10-8-14(9-11-16)17-12-19(24)22-20-18(17)13-21-23(20)15-6-4-3-5-7-15/h3-11,13,17H,2,12H2,1H3,(H,22,24). The van der Waals surface area contributed by atoms with Gasteiger partial charge in [-0.05, 0) is 36.8 Å². The van der Waals surface area contributed by atoms with Crippen molar-refractivity contribution in [2.45, 2.75) is 19.3 Å². The van der Waals surface area contributed by atoms with Gasteiger partial charge in [0.1, 0.15) is 11.6 Å². The number of nitrogens with zero attached hydrogens (tertiary/aromatic N) is 2. The van der Waals surface area contributed by atoms with E-state index in [1.54, 1.807) is 4.68 Å². The van der Waals surface area contributed by atoms with Gasteiger partial charge in [0, 0.05) is 17.9 Å². The van der Waals surface area contributed by atoms with Crippen LogP contribution in [0.15, 0.2) is 60.8 Å². The third-order valence-corrected chi connectivity index (χ3v) is 4.41. The van der Waals surface area contributed by atoms with E-state index < -0.39 is 0 Å². The third kappa shape index (κ3) is 2.89. The highest BCUT2D eigenvalue weighted by molar-refractivity contribution is 5.94. The van der Waals surface area contributed by atoms with Gasteiger partial charge in [0.15, 0.2) is 0 Å². The molecule has 1 N–H and O–H groups in total. The maximum Gasteiger partial charge on any atom is 0.226 e. The van der Waals surface area contributed by atoms with Crippen molar-refractivity contribution in [3.63, 3.8) is 0 Å². The summed E-state index contributed by atoms with van der Waals surface area (Å²) < 4.78 is 7.29. The zero-order valence-corrected chi connectivity index (χ0v) is 14.0. The summed E-state index contributed by atoms with van der Waals surface area (Å²) in [6.07, 6.45) is 2.27. The van der Waals surface area contributed by atoms with Gasteiger partial charge >= 0.3 is 0 Å². The molecule has 5 nitrogen and oxygen atoms in total. The number of fused-ring (bicyclic) bond motifs is 1. The highest BCUT2D eigenvalue weighted by atomic mass is 16.5. The fourth-order valence-corrected chi connectivity index (χ4v) is 3.25. The van der Waals surface area contributed by atoms with Crippen molar-refractivity contribution < 1.29 is 9.53 Å². The fraction of sp³-hybridized carbons (Fsp3) is 0.200. The number of aromatic nitrogens is 2. The van der Waals surface area contributed by atoms with Crippen LogP contribution in [0.5, 0.6) is 5.75 Å². The molecule has 0 aliphatic carbocycles. The Morgan fingerprint density at radius 2 is 1.92 bits per heavy atom. The molecular weight excluding hydrogens is 314 g/mol. The first-order valence-electron chi connectivity index (χ1n) is 8.42. The van der Waals surface area contributed by atoms with Crippen molar-refractivity contribution in [3.05, 3.63) is 71.9 Å². The Kier molecular flexibility index (Phi) is 3.98. The molecule has 3 aromatic rings. The van der Waals surface area contributed by atoms with Gasteiger partial charge in [-0.1, -0.05) is 30.3 Å². The predicted molar refractivity (Wildman–Crippen MR) is 96.3 cm³/mol. The lowest BCUT2D eigenvalue weighted by molar-refractivity contribution is -0.116. The second-order valence-electron chi connectivity index (χ2n) is 6.00. The first-order valence-corrected chi connectivity index (χ1v) is 8.42. The Morgan fingerprint density at radius 3 is 2.64 bits per heavy atom. The van der Waals surface area contributed by atoms with Gasteiger partial charge < -0.3 is 10.1 Å². The highest BCUT2D eigenvalue weighted by Gasteiger charge is 2.30. The van der Waals surface area contributed by atoms with Gasteiger partial charge in [-0.25, -0.2) is 4.68 Å². The fourth-order valence-electron chi connectivity index (χ4n) is 3.25. The number of carbonyl (C=O) groups excluding carboxylic acids is 1. The van der Waals surface area contributed by atoms with E-state index in [2.05, 4.69) is 10.4 Å². The number of benzene rings is 2. The van der Waals surface area contributed by atoms with E-state index in [9.17, 15) is 4.79 Å². The van der Waals surface area contributed by atoms with E-state index in [1.165, 1.54) is 0 Å². The Balaban J connectivity index is 1.73. The molecule has 2 heterocycles. The van der Waals surface area contributed by atoms with Crippen LogP contribution in [0.1, 0.15) is 30.4 Å². The molecule has 1 aliphatic rings. The number of para-hydroxylation sites is 1. The number of hydrogen-bond donors (Lipinski definition) is 1. The maximum absolute atomic E-state index is 12.3. The van der Waals surface area contributed by atoms with Gasteiger partial charge in [-0.3, -0.25) is 4.79 Å². The lowest BCUT2D eigenvalue weighted by Crippen LogP contribution is -2.24. The predicted octanol–water partition coefficient (Wildman–Crippen LogP) is 3.75. The number of carbonyl (C=O) groups is 1. The molecule has 1 amide bonds. The lowest BCUT2D eigenvalue weighted by Gasteiger charge is -2.24. The molecule has 126 valence electrons. The van der Waals surface area contributed by atoms with Gasteiger partial charge in [-0.2, -0.15) is 5.10 Å². The number of amides is 1. The second-order valence-corrected chi connectivity index (χ2v) is 6.00. The minimum absolute atomic E-state index is 0.00288. The Bertz CT molecular complexity index is 885. The number of hydrogen-bond acceptors (Lipinski definition) is 3. The number of ether oxygens (including phenoxy) is 1. The van der Waals surface area contributed by atoms with Crippen molar-refractivity contribution in [2.24, 2.45) is 0 Å². The second kappa shape index (κ2) is 6.43. The van der Waals surface area contributed by atoms with Crippen LogP contribution < -0.4 is 10.1 Å². The molecule has 2 aromatic carbocycles. The maximum atomic E-state index is 12.3. The minimum atomic E-state index is -0.00288. The first kappa shape index (κ1) is 15.4. The topological polar surface area (TPSA) is 56.1 Å². The van der Waals surface area contributed by atoms with Gasteiger partial charge in [-0.15, -0.1) is 0 Å². The molecular formula is C20H19N3O2. The summed E-state index contributed by atoms with van der Waals surface area (Å²) in [4.78, 5) is 12.3. The highest BCUT2D eigenvalue weighted by Crippen LogP contribution is 2.38. The zero-order valence-electron chi connectivity index (χ0n) is 14.0. The monoisotopic (exact) mass is 333 g/mol. The molecule has 1 aromatic heterocycles. The molecule has 0 fully saturated rings. The van der Waals surface area contributed by atoms with E-state index in [-0.39, 0.29) is 11.8 Å². The summed E-state index contributed by atoms with van der Waals surface area (Å²) in [5, 5.41) is 7.48. The Labute approximate surface area is 146 Å². The average Bonchev–Trinajstić information content (AvgIpc) is 3.06. The molecule has 0 bridgehead atoms. The summed E-state index contributed by atoms with van der Waals surface area (Å²) in [5.74, 6) is 1.59. The Morgan fingerprint density at radius 1 is 1.16 bits per heavy atom. The van der Waals surface area contributed by atoms with E-state index in [0.717, 1.165) is 28.4 Å². The van der Waals surface area contributed by atoms with Crippen molar-refractivity contribution in [1.29, 1.82) is 0 Å². The summed E-state index contributed by atoms with van der Waals surface area (Å²) >= 11 is 0. The molecule has 25 heavy (non-hydrogen) atoms. The van der Waals surface area contributed by atoms with Gasteiger partial charge in [0.05, 0.1) is 18.5 Å². The van der Waals surface area contributed by atoms with Crippen molar-refractivity contribution >= 4 is 11.7 Å². The van der Waals surface area contributed by atoms with Crippen LogP contribution >= 0.6 is 0 Å². The quantitative estimate of drug-likeness (QED) is 0.791. The average molecular weight is 333 g/mol. The van der Waals surface area contributed by atoms with Crippen LogP contribution in [0.25, 0.3) is 5.69 Å². The molecule has 0 radical (unpaired) electrons. The first-order chi connectivity index (χ1) is 12.3. The number of rotatable bonds is 4. The molecule has 4 rings (SSSR count). The summed E-state index contributed by atoms with van der Waals surface area (Å²) in [6.45, 7) is 2.60. The summed E-state index contributed by atoms with van der Waals surface area (Å²) in [7, 11) is 0. The molecule has 1 aliphatic heterocycles. The number of anilines is 1. The van der Waals surface area contributed by atoms with Gasteiger partial charge in [0.2, 0.25) is 5.91 Å².